The predicted octanol–water partition coefficient (Wildman–Crippen LogP) is 3.86. The summed E-state index contributed by atoms with van der Waals surface area (Å²) in [6.45, 7) is 0. The molecule has 6 nitrogen and oxygen atoms in total. The van der Waals surface area contributed by atoms with Crippen LogP contribution in [0.15, 0.2) is 61.1 Å². The number of anilines is 1. The lowest BCUT2D eigenvalue weighted by molar-refractivity contribution is 0.253. The van der Waals surface area contributed by atoms with E-state index < -0.39 is 0 Å². The Labute approximate surface area is 163 Å². The Morgan fingerprint density at radius 2 is 1.86 bits per heavy atom. The summed E-state index contributed by atoms with van der Waals surface area (Å²) in [5.41, 5.74) is 11.3. The van der Waals surface area contributed by atoms with Gasteiger partial charge < -0.3 is 11.1 Å². The largest absolute Gasteiger partial charge is 0.372 e. The third-order valence-electron chi connectivity index (χ3n) is 5.71. The molecule has 1 fully saturated rings. The SMILES string of the molecule is CNc1ncnc2c1cc(-c1ccccn1)n2-c1ccc(C2(N)CCC2)cc1. The van der Waals surface area contributed by atoms with Gasteiger partial charge in [0.05, 0.1) is 16.8 Å². The van der Waals surface area contributed by atoms with Crippen LogP contribution in [0.1, 0.15) is 24.8 Å². The first kappa shape index (κ1) is 16.9. The van der Waals surface area contributed by atoms with Gasteiger partial charge in [-0.1, -0.05) is 18.2 Å². The Bertz CT molecular complexity index is 1130. The number of nitrogens with two attached hydrogens (primary N) is 1. The summed E-state index contributed by atoms with van der Waals surface area (Å²) in [7, 11) is 1.87. The van der Waals surface area contributed by atoms with E-state index in [0.29, 0.717) is 0 Å². The molecule has 0 aliphatic heterocycles. The average Bonchev–Trinajstić information content (AvgIpc) is 3.12. The summed E-state index contributed by atoms with van der Waals surface area (Å²) in [4.78, 5) is 13.5. The van der Waals surface area contributed by atoms with Gasteiger partial charge in [-0.25, -0.2) is 9.97 Å². The topological polar surface area (TPSA) is 81.7 Å². The number of aromatic nitrogens is 4. The van der Waals surface area contributed by atoms with Gasteiger partial charge in [0.15, 0.2) is 5.65 Å². The van der Waals surface area contributed by atoms with E-state index in [0.717, 1.165) is 46.8 Å². The van der Waals surface area contributed by atoms with Crippen molar-refractivity contribution in [3.8, 4) is 17.1 Å². The number of nitrogens with one attached hydrogen (secondary N) is 1. The molecule has 0 bridgehead atoms. The van der Waals surface area contributed by atoms with Crippen LogP contribution < -0.4 is 11.1 Å². The van der Waals surface area contributed by atoms with Gasteiger partial charge in [-0.2, -0.15) is 0 Å². The molecule has 6 heteroatoms. The zero-order valence-corrected chi connectivity index (χ0v) is 15.8. The standard InChI is InChI=1S/C22H22N6/c1-24-20-17-13-19(18-5-2-3-12-25-18)28(21(17)27-14-26-20)16-8-6-15(7-9-16)22(23)10-4-11-22/h2-3,5-9,12-14H,4,10-11,23H2,1H3,(H,24,26,27). The fraction of sp³-hybridized carbons (Fsp3) is 0.227. The zero-order chi connectivity index (χ0) is 19.1. The fourth-order valence-corrected chi connectivity index (χ4v) is 3.96. The molecule has 3 N–H and O–H groups in total. The molecule has 0 saturated heterocycles. The second-order valence-electron chi connectivity index (χ2n) is 7.35. The molecule has 0 atom stereocenters. The third-order valence-corrected chi connectivity index (χ3v) is 5.71. The lowest BCUT2D eigenvalue weighted by atomic mass is 9.73. The van der Waals surface area contributed by atoms with Crippen molar-refractivity contribution in [1.82, 2.24) is 19.5 Å². The number of hydrogen-bond acceptors (Lipinski definition) is 5. The van der Waals surface area contributed by atoms with E-state index in [9.17, 15) is 0 Å². The minimum absolute atomic E-state index is 0.164. The van der Waals surface area contributed by atoms with Crippen molar-refractivity contribution in [2.45, 2.75) is 24.8 Å². The second kappa shape index (κ2) is 6.42. The number of hydrogen-bond donors (Lipinski definition) is 2. The van der Waals surface area contributed by atoms with E-state index in [-0.39, 0.29) is 5.54 Å². The lowest BCUT2D eigenvalue weighted by Gasteiger charge is -2.38. The molecule has 4 aromatic rings. The van der Waals surface area contributed by atoms with Crippen LogP contribution in [-0.4, -0.2) is 26.6 Å². The maximum absolute atomic E-state index is 6.50. The molecule has 28 heavy (non-hydrogen) atoms. The van der Waals surface area contributed by atoms with Gasteiger partial charge in [0.1, 0.15) is 12.1 Å². The zero-order valence-electron chi connectivity index (χ0n) is 15.8. The maximum Gasteiger partial charge on any atom is 0.150 e. The summed E-state index contributed by atoms with van der Waals surface area (Å²) in [6, 6.07) is 16.5. The number of fused-ring (bicyclic) bond motifs is 1. The quantitative estimate of drug-likeness (QED) is 0.570. The van der Waals surface area contributed by atoms with Crippen molar-refractivity contribution in [2.24, 2.45) is 5.73 Å². The Hall–Kier alpha value is -3.25. The van der Waals surface area contributed by atoms with E-state index >= 15 is 0 Å². The van der Waals surface area contributed by atoms with Gasteiger partial charge in [-0.05, 0) is 55.2 Å². The van der Waals surface area contributed by atoms with E-state index in [1.807, 2.05) is 25.2 Å². The third kappa shape index (κ3) is 2.57. The van der Waals surface area contributed by atoms with E-state index in [1.54, 1.807) is 12.5 Å². The first-order valence-electron chi connectivity index (χ1n) is 9.55. The summed E-state index contributed by atoms with van der Waals surface area (Å²) < 4.78 is 2.13. The van der Waals surface area contributed by atoms with Crippen molar-refractivity contribution >= 4 is 16.9 Å². The molecule has 1 saturated carbocycles. The average molecular weight is 370 g/mol. The van der Waals surface area contributed by atoms with Crippen LogP contribution in [-0.2, 0) is 5.54 Å². The first-order valence-corrected chi connectivity index (χ1v) is 9.55. The second-order valence-corrected chi connectivity index (χ2v) is 7.35. The van der Waals surface area contributed by atoms with Gasteiger partial charge in [0.25, 0.3) is 0 Å². The van der Waals surface area contributed by atoms with Crippen molar-refractivity contribution in [2.75, 3.05) is 12.4 Å². The summed E-state index contributed by atoms with van der Waals surface area (Å²) in [5, 5.41) is 4.12. The van der Waals surface area contributed by atoms with Crippen LogP contribution >= 0.6 is 0 Å². The van der Waals surface area contributed by atoms with E-state index in [1.165, 1.54) is 12.0 Å². The Balaban J connectivity index is 1.71. The predicted molar refractivity (Wildman–Crippen MR) is 111 cm³/mol. The first-order chi connectivity index (χ1) is 13.7. The Morgan fingerprint density at radius 1 is 1.04 bits per heavy atom. The van der Waals surface area contributed by atoms with Crippen LogP contribution in [0.25, 0.3) is 28.1 Å². The fourth-order valence-electron chi connectivity index (χ4n) is 3.96. The molecule has 1 aliphatic carbocycles. The molecule has 3 aromatic heterocycles. The summed E-state index contributed by atoms with van der Waals surface area (Å²) >= 11 is 0. The van der Waals surface area contributed by atoms with Gasteiger partial charge in [-0.3, -0.25) is 9.55 Å². The minimum Gasteiger partial charge on any atom is -0.372 e. The van der Waals surface area contributed by atoms with Gasteiger partial charge in [-0.15, -0.1) is 0 Å². The molecule has 140 valence electrons. The van der Waals surface area contributed by atoms with E-state index in [4.69, 9.17) is 5.73 Å². The molecular weight excluding hydrogens is 348 g/mol. The molecule has 0 amide bonds. The van der Waals surface area contributed by atoms with Crippen LogP contribution in [0.4, 0.5) is 5.82 Å². The highest BCUT2D eigenvalue weighted by atomic mass is 15.1. The monoisotopic (exact) mass is 370 g/mol. The lowest BCUT2D eigenvalue weighted by Crippen LogP contribution is -2.43. The molecule has 1 aliphatic rings. The van der Waals surface area contributed by atoms with Crippen molar-refractivity contribution in [1.29, 1.82) is 0 Å². The van der Waals surface area contributed by atoms with Crippen molar-refractivity contribution in [3.05, 3.63) is 66.6 Å². The molecule has 3 heterocycles. The highest BCUT2D eigenvalue weighted by molar-refractivity contribution is 5.93. The highest BCUT2D eigenvalue weighted by Crippen LogP contribution is 2.39. The van der Waals surface area contributed by atoms with Gasteiger partial charge in [0.2, 0.25) is 0 Å². The number of benzene rings is 1. The van der Waals surface area contributed by atoms with Crippen molar-refractivity contribution < 1.29 is 0 Å². The Kier molecular flexibility index (Phi) is 3.87. The highest BCUT2D eigenvalue weighted by Gasteiger charge is 2.34. The van der Waals surface area contributed by atoms with Crippen molar-refractivity contribution in [3.63, 3.8) is 0 Å². The summed E-state index contributed by atoms with van der Waals surface area (Å²) in [6.07, 6.45) is 6.70. The van der Waals surface area contributed by atoms with Crippen LogP contribution in [0.5, 0.6) is 0 Å². The van der Waals surface area contributed by atoms with Crippen LogP contribution in [0.3, 0.4) is 0 Å². The van der Waals surface area contributed by atoms with Crippen LogP contribution in [0.2, 0.25) is 0 Å². The summed E-state index contributed by atoms with van der Waals surface area (Å²) in [5.74, 6) is 0.799. The molecule has 1 aromatic carbocycles. The van der Waals surface area contributed by atoms with E-state index in [2.05, 4.69) is 55.2 Å². The molecular formula is C22H22N6. The number of nitrogens with zero attached hydrogens (tertiary/aromatic N) is 4. The van der Waals surface area contributed by atoms with Gasteiger partial charge >= 0.3 is 0 Å². The molecule has 0 unspecified atom stereocenters. The van der Waals surface area contributed by atoms with Crippen LogP contribution in [0, 0.1) is 0 Å². The normalized spacial score (nSPS) is 15.4. The Morgan fingerprint density at radius 3 is 2.50 bits per heavy atom. The number of pyridine rings is 1. The maximum atomic E-state index is 6.50. The molecule has 5 rings (SSSR count). The number of rotatable bonds is 4. The molecule has 0 radical (unpaired) electrons. The minimum atomic E-state index is -0.164. The smallest absolute Gasteiger partial charge is 0.150 e. The van der Waals surface area contributed by atoms with Gasteiger partial charge in [0, 0.05) is 24.5 Å². The molecule has 0 spiro atoms.